The first-order valence-electron chi connectivity index (χ1n) is 6.28. The number of nitrogens with one attached hydrogen (secondary N) is 1. The Morgan fingerprint density at radius 2 is 2.00 bits per heavy atom. The number of aromatic nitrogens is 2. The first kappa shape index (κ1) is 10.3. The van der Waals surface area contributed by atoms with Crippen molar-refractivity contribution in [3.63, 3.8) is 0 Å². The number of H-pyrrole nitrogens is 1. The second kappa shape index (κ2) is 3.10. The number of aryl methyl sites for hydroxylation is 1. The molecule has 1 aromatic heterocycles. The fraction of sp³-hybridized carbons (Fsp3) is 0.769. The van der Waals surface area contributed by atoms with Crippen LogP contribution in [0.25, 0.3) is 0 Å². The normalized spacial score (nSPS) is 31.2. The van der Waals surface area contributed by atoms with E-state index in [2.05, 4.69) is 24.0 Å². The number of fused-ring (bicyclic) bond motifs is 1. The minimum absolute atomic E-state index is 0.0611. The Morgan fingerprint density at radius 1 is 1.31 bits per heavy atom. The molecular formula is C13H20N2O. The van der Waals surface area contributed by atoms with Crippen LogP contribution in [0.5, 0.6) is 0 Å². The standard InChI is InChI=1S/C13H20N2O/c1-12(2)7-13(12,8-16)11-9-5-3-4-6-10(9)14-15-11/h16H,3-8H2,1-2H3,(H,14,15). The summed E-state index contributed by atoms with van der Waals surface area (Å²) in [5.74, 6) is 0. The molecule has 16 heavy (non-hydrogen) atoms. The maximum Gasteiger partial charge on any atom is 0.0747 e. The maximum atomic E-state index is 9.71. The molecule has 1 aromatic rings. The van der Waals surface area contributed by atoms with Crippen molar-refractivity contribution in [3.05, 3.63) is 17.0 Å². The summed E-state index contributed by atoms with van der Waals surface area (Å²) in [4.78, 5) is 0. The molecule has 0 aromatic carbocycles. The Kier molecular flexibility index (Phi) is 2.00. The summed E-state index contributed by atoms with van der Waals surface area (Å²) in [7, 11) is 0. The molecule has 2 aliphatic carbocycles. The summed E-state index contributed by atoms with van der Waals surface area (Å²) < 4.78 is 0. The highest BCUT2D eigenvalue weighted by molar-refractivity contribution is 5.41. The lowest BCUT2D eigenvalue weighted by Crippen LogP contribution is -2.22. The molecule has 0 saturated heterocycles. The Balaban J connectivity index is 2.04. The van der Waals surface area contributed by atoms with Gasteiger partial charge in [-0.2, -0.15) is 5.10 Å². The Bertz CT molecular complexity index is 422. The van der Waals surface area contributed by atoms with E-state index in [1.54, 1.807) is 0 Å². The van der Waals surface area contributed by atoms with Crippen LogP contribution in [0.2, 0.25) is 0 Å². The number of aliphatic hydroxyl groups excluding tert-OH is 1. The van der Waals surface area contributed by atoms with Gasteiger partial charge in [-0.25, -0.2) is 0 Å². The quantitative estimate of drug-likeness (QED) is 0.800. The molecule has 88 valence electrons. The number of hydrogen-bond acceptors (Lipinski definition) is 2. The zero-order valence-corrected chi connectivity index (χ0v) is 10.1. The molecule has 0 amide bonds. The molecule has 1 heterocycles. The molecule has 1 fully saturated rings. The summed E-state index contributed by atoms with van der Waals surface area (Å²) in [5, 5.41) is 17.4. The van der Waals surface area contributed by atoms with E-state index in [1.807, 2.05) is 0 Å². The zero-order chi connectivity index (χ0) is 11.4. The fourth-order valence-corrected chi connectivity index (χ4v) is 3.34. The second-order valence-corrected chi connectivity index (χ2v) is 6.04. The third kappa shape index (κ3) is 1.15. The molecule has 2 N–H and O–H groups in total. The molecule has 1 atom stereocenters. The van der Waals surface area contributed by atoms with Crippen molar-refractivity contribution in [1.82, 2.24) is 10.2 Å². The molecule has 3 nitrogen and oxygen atoms in total. The molecule has 0 spiro atoms. The molecule has 1 saturated carbocycles. The Morgan fingerprint density at radius 3 is 2.62 bits per heavy atom. The van der Waals surface area contributed by atoms with Gasteiger partial charge in [-0.15, -0.1) is 0 Å². The van der Waals surface area contributed by atoms with Gasteiger partial charge in [0.25, 0.3) is 0 Å². The van der Waals surface area contributed by atoms with Crippen LogP contribution in [0.3, 0.4) is 0 Å². The van der Waals surface area contributed by atoms with Gasteiger partial charge < -0.3 is 5.11 Å². The summed E-state index contributed by atoms with van der Waals surface area (Å²) in [6, 6.07) is 0. The number of nitrogens with zero attached hydrogens (tertiary/aromatic N) is 1. The summed E-state index contributed by atoms with van der Waals surface area (Å²) >= 11 is 0. The van der Waals surface area contributed by atoms with Crippen LogP contribution in [-0.2, 0) is 18.3 Å². The summed E-state index contributed by atoms with van der Waals surface area (Å²) in [6.45, 7) is 4.69. The number of aromatic amines is 1. The molecule has 1 unspecified atom stereocenters. The SMILES string of the molecule is CC1(C)CC1(CO)c1n[nH]c2c1CCCC2. The minimum atomic E-state index is -0.0611. The van der Waals surface area contributed by atoms with Crippen molar-refractivity contribution in [2.24, 2.45) is 5.41 Å². The predicted molar refractivity (Wildman–Crippen MR) is 62.4 cm³/mol. The summed E-state index contributed by atoms with van der Waals surface area (Å²) in [6.07, 6.45) is 5.86. The average molecular weight is 220 g/mol. The van der Waals surface area contributed by atoms with Crippen molar-refractivity contribution in [3.8, 4) is 0 Å². The van der Waals surface area contributed by atoms with Crippen LogP contribution in [0, 0.1) is 5.41 Å². The summed E-state index contributed by atoms with van der Waals surface area (Å²) in [5.41, 5.74) is 4.04. The zero-order valence-electron chi connectivity index (χ0n) is 10.1. The van der Waals surface area contributed by atoms with E-state index in [0.29, 0.717) is 0 Å². The highest BCUT2D eigenvalue weighted by atomic mass is 16.3. The van der Waals surface area contributed by atoms with Gasteiger partial charge in [0.2, 0.25) is 0 Å². The van der Waals surface area contributed by atoms with Crippen molar-refractivity contribution in [2.75, 3.05) is 6.61 Å². The smallest absolute Gasteiger partial charge is 0.0747 e. The van der Waals surface area contributed by atoms with Gasteiger partial charge in [-0.05, 0) is 43.1 Å². The van der Waals surface area contributed by atoms with Crippen LogP contribution >= 0.6 is 0 Å². The van der Waals surface area contributed by atoms with E-state index in [9.17, 15) is 5.11 Å². The van der Waals surface area contributed by atoms with E-state index >= 15 is 0 Å². The third-order valence-electron chi connectivity index (χ3n) is 4.69. The highest BCUT2D eigenvalue weighted by Gasteiger charge is 2.63. The van der Waals surface area contributed by atoms with Crippen molar-refractivity contribution in [1.29, 1.82) is 0 Å². The lowest BCUT2D eigenvalue weighted by atomic mass is 9.86. The topological polar surface area (TPSA) is 48.9 Å². The molecule has 2 aliphatic rings. The largest absolute Gasteiger partial charge is 0.395 e. The van der Waals surface area contributed by atoms with E-state index in [-0.39, 0.29) is 17.4 Å². The Hall–Kier alpha value is -0.830. The molecule has 3 heteroatoms. The molecular weight excluding hydrogens is 200 g/mol. The van der Waals surface area contributed by atoms with Gasteiger partial charge >= 0.3 is 0 Å². The van der Waals surface area contributed by atoms with Crippen LogP contribution in [0.4, 0.5) is 0 Å². The predicted octanol–water partition coefficient (Wildman–Crippen LogP) is 1.95. The number of rotatable bonds is 2. The van der Waals surface area contributed by atoms with Gasteiger partial charge in [-0.1, -0.05) is 13.8 Å². The Labute approximate surface area is 96.3 Å². The molecule has 0 bridgehead atoms. The maximum absolute atomic E-state index is 9.71. The highest BCUT2D eigenvalue weighted by Crippen LogP contribution is 2.64. The fourth-order valence-electron chi connectivity index (χ4n) is 3.34. The molecule has 0 aliphatic heterocycles. The molecule has 3 rings (SSSR count). The van der Waals surface area contributed by atoms with E-state index < -0.39 is 0 Å². The third-order valence-corrected chi connectivity index (χ3v) is 4.69. The van der Waals surface area contributed by atoms with Crippen molar-refractivity contribution < 1.29 is 5.11 Å². The monoisotopic (exact) mass is 220 g/mol. The average Bonchev–Trinajstić information content (AvgIpc) is 2.67. The van der Waals surface area contributed by atoms with Gasteiger partial charge in [0.15, 0.2) is 0 Å². The lowest BCUT2D eigenvalue weighted by molar-refractivity contribution is 0.227. The van der Waals surface area contributed by atoms with E-state index in [1.165, 1.54) is 24.1 Å². The first-order valence-corrected chi connectivity index (χ1v) is 6.28. The van der Waals surface area contributed by atoms with E-state index in [0.717, 1.165) is 25.0 Å². The first-order chi connectivity index (χ1) is 7.61. The second-order valence-electron chi connectivity index (χ2n) is 6.04. The number of hydrogen-bond donors (Lipinski definition) is 2. The lowest BCUT2D eigenvalue weighted by Gasteiger charge is -2.19. The van der Waals surface area contributed by atoms with Crippen LogP contribution in [0.1, 0.15) is 50.1 Å². The van der Waals surface area contributed by atoms with Gasteiger partial charge in [0.05, 0.1) is 12.3 Å². The van der Waals surface area contributed by atoms with Crippen molar-refractivity contribution >= 4 is 0 Å². The minimum Gasteiger partial charge on any atom is -0.395 e. The van der Waals surface area contributed by atoms with Gasteiger partial charge in [-0.3, -0.25) is 5.10 Å². The van der Waals surface area contributed by atoms with E-state index in [4.69, 9.17) is 0 Å². The molecule has 0 radical (unpaired) electrons. The van der Waals surface area contributed by atoms with Crippen LogP contribution in [-0.4, -0.2) is 21.9 Å². The van der Waals surface area contributed by atoms with Crippen LogP contribution < -0.4 is 0 Å². The van der Waals surface area contributed by atoms with Gasteiger partial charge in [0.1, 0.15) is 0 Å². The van der Waals surface area contributed by atoms with Crippen LogP contribution in [0.15, 0.2) is 0 Å². The van der Waals surface area contributed by atoms with Crippen molar-refractivity contribution in [2.45, 2.75) is 51.4 Å². The number of aliphatic hydroxyl groups is 1. The van der Waals surface area contributed by atoms with Gasteiger partial charge in [0, 0.05) is 11.1 Å².